The van der Waals surface area contributed by atoms with Crippen molar-refractivity contribution in [2.75, 3.05) is 19.8 Å². The van der Waals surface area contributed by atoms with Crippen molar-refractivity contribution in [1.29, 1.82) is 0 Å². The van der Waals surface area contributed by atoms with Crippen molar-refractivity contribution < 1.29 is 38.9 Å². The largest absolute Gasteiger partial charge is 0.479 e. The molecular formula is C26H43N3O8. The van der Waals surface area contributed by atoms with Gasteiger partial charge in [0.25, 0.3) is 0 Å². The van der Waals surface area contributed by atoms with Crippen LogP contribution in [0.5, 0.6) is 0 Å². The quantitative estimate of drug-likeness (QED) is 0.198. The molecule has 1 heterocycles. The minimum atomic E-state index is -1.45. The lowest BCUT2D eigenvalue weighted by Crippen LogP contribution is -2.56. The number of nitrogens with one attached hydrogen (secondary N) is 2. The van der Waals surface area contributed by atoms with Crippen molar-refractivity contribution in [3.05, 3.63) is 12.7 Å². The number of nitrogens with zero attached hydrogens (tertiary/aromatic N) is 1. The van der Waals surface area contributed by atoms with Gasteiger partial charge in [0.15, 0.2) is 0 Å². The molecule has 0 aromatic heterocycles. The van der Waals surface area contributed by atoms with E-state index in [2.05, 4.69) is 24.1 Å². The highest BCUT2D eigenvalue weighted by Crippen LogP contribution is 2.44. The van der Waals surface area contributed by atoms with Crippen LogP contribution < -0.4 is 10.6 Å². The predicted molar refractivity (Wildman–Crippen MR) is 136 cm³/mol. The summed E-state index contributed by atoms with van der Waals surface area (Å²) < 4.78 is 10.9. The number of aliphatic hydroxyl groups is 1. The Morgan fingerprint density at radius 1 is 1.19 bits per heavy atom. The van der Waals surface area contributed by atoms with E-state index in [1.165, 1.54) is 11.0 Å². The summed E-state index contributed by atoms with van der Waals surface area (Å²) in [5, 5.41) is 25.1. The standard InChI is InChI=1S/C26H43N3O8/c1-6-8-9-12-36-13-10-11-19(27-24(35)37-25(3,4)5)22(32)29-16-18(30)14-20(29)21(31)28-26(23(33)34)15-17(26)7-2/h7,17-20,30H,2,6,8-16H2,1,3-5H3,(H,27,35)(H,28,31)(H,33,34)/t17?,18-,19-,20?,26?/m0/s1. The van der Waals surface area contributed by atoms with Gasteiger partial charge in [-0.05, 0) is 46.5 Å². The Hall–Kier alpha value is -2.66. The number of amides is 3. The first-order chi connectivity index (χ1) is 17.3. The van der Waals surface area contributed by atoms with Crippen molar-refractivity contribution in [3.8, 4) is 0 Å². The van der Waals surface area contributed by atoms with Crippen molar-refractivity contribution in [2.45, 2.75) is 102 Å². The Balaban J connectivity index is 2.10. The number of aliphatic hydroxyl groups excluding tert-OH is 1. The van der Waals surface area contributed by atoms with Crippen molar-refractivity contribution >= 4 is 23.9 Å². The fourth-order valence-electron chi connectivity index (χ4n) is 4.48. The number of rotatable bonds is 14. The van der Waals surface area contributed by atoms with Gasteiger partial charge in [-0.3, -0.25) is 9.59 Å². The topological polar surface area (TPSA) is 154 Å². The summed E-state index contributed by atoms with van der Waals surface area (Å²) in [7, 11) is 0. The summed E-state index contributed by atoms with van der Waals surface area (Å²) in [6.45, 7) is 11.7. The second kappa shape index (κ2) is 13.2. The second-order valence-electron chi connectivity index (χ2n) is 10.9. The van der Waals surface area contributed by atoms with Gasteiger partial charge < -0.3 is 35.2 Å². The third kappa shape index (κ3) is 8.70. The van der Waals surface area contributed by atoms with Crippen LogP contribution in [0.3, 0.4) is 0 Å². The predicted octanol–water partition coefficient (Wildman–Crippen LogP) is 1.97. The van der Waals surface area contributed by atoms with Gasteiger partial charge >= 0.3 is 12.1 Å². The highest BCUT2D eigenvalue weighted by molar-refractivity contribution is 5.96. The molecule has 0 radical (unpaired) electrons. The van der Waals surface area contributed by atoms with E-state index in [1.807, 2.05) is 0 Å². The molecule has 3 amide bonds. The van der Waals surface area contributed by atoms with E-state index < -0.39 is 59.1 Å². The van der Waals surface area contributed by atoms with E-state index >= 15 is 0 Å². The van der Waals surface area contributed by atoms with E-state index in [0.29, 0.717) is 19.6 Å². The highest BCUT2D eigenvalue weighted by Gasteiger charge is 2.61. The SMILES string of the molecule is C=CC1CC1(NC(=O)C1C[C@H](O)CN1C(=O)[C@H](CCCOCCCCC)NC(=O)OC(C)(C)C)C(=O)O. The van der Waals surface area contributed by atoms with E-state index in [9.17, 15) is 29.4 Å². The maximum absolute atomic E-state index is 13.5. The minimum Gasteiger partial charge on any atom is -0.479 e. The first-order valence-electron chi connectivity index (χ1n) is 13.1. The van der Waals surface area contributed by atoms with E-state index in [1.54, 1.807) is 20.8 Å². The Bertz CT molecular complexity index is 842. The number of likely N-dealkylation sites (tertiary alicyclic amines) is 1. The average molecular weight is 526 g/mol. The van der Waals surface area contributed by atoms with Crippen LogP contribution in [0.2, 0.25) is 0 Å². The van der Waals surface area contributed by atoms with Gasteiger partial charge in [0, 0.05) is 32.1 Å². The Morgan fingerprint density at radius 3 is 2.43 bits per heavy atom. The van der Waals surface area contributed by atoms with Gasteiger partial charge in [-0.15, -0.1) is 6.58 Å². The van der Waals surface area contributed by atoms with Gasteiger partial charge in [-0.2, -0.15) is 0 Å². The second-order valence-corrected chi connectivity index (χ2v) is 10.9. The van der Waals surface area contributed by atoms with Gasteiger partial charge in [-0.1, -0.05) is 25.8 Å². The van der Waals surface area contributed by atoms with E-state index in [0.717, 1.165) is 19.3 Å². The number of β-amino-alcohol motifs (C(OH)–C–C–N with tert-alkyl or cyclic N) is 1. The van der Waals surface area contributed by atoms with Crippen LogP contribution in [0, 0.1) is 5.92 Å². The molecule has 3 unspecified atom stereocenters. The van der Waals surface area contributed by atoms with Crippen molar-refractivity contribution in [3.63, 3.8) is 0 Å². The molecule has 37 heavy (non-hydrogen) atoms. The Labute approximate surface area is 218 Å². The number of carboxylic acid groups (broad SMARTS) is 1. The van der Waals surface area contributed by atoms with Crippen LogP contribution in [-0.2, 0) is 23.9 Å². The molecular weight excluding hydrogens is 482 g/mol. The maximum atomic E-state index is 13.5. The van der Waals surface area contributed by atoms with Crippen LogP contribution in [0.25, 0.3) is 0 Å². The molecule has 2 fully saturated rings. The smallest absolute Gasteiger partial charge is 0.408 e. The number of aliphatic carboxylic acids is 1. The first-order valence-corrected chi connectivity index (χ1v) is 13.1. The average Bonchev–Trinajstić information content (AvgIpc) is 3.38. The van der Waals surface area contributed by atoms with Gasteiger partial charge in [0.2, 0.25) is 11.8 Å². The molecule has 11 nitrogen and oxygen atoms in total. The summed E-state index contributed by atoms with van der Waals surface area (Å²) in [6, 6.07) is -2.08. The summed E-state index contributed by atoms with van der Waals surface area (Å²) in [6.07, 6.45) is 3.74. The monoisotopic (exact) mass is 525 g/mol. The van der Waals surface area contributed by atoms with Gasteiger partial charge in [0.1, 0.15) is 23.2 Å². The Morgan fingerprint density at radius 2 is 1.86 bits per heavy atom. The van der Waals surface area contributed by atoms with Crippen molar-refractivity contribution in [2.24, 2.45) is 5.92 Å². The summed E-state index contributed by atoms with van der Waals surface area (Å²) in [5.74, 6) is -2.80. The zero-order valence-corrected chi connectivity index (χ0v) is 22.5. The van der Waals surface area contributed by atoms with Crippen LogP contribution in [-0.4, -0.2) is 88.1 Å². The maximum Gasteiger partial charge on any atom is 0.408 e. The zero-order chi connectivity index (χ0) is 27.8. The molecule has 0 aromatic rings. The highest BCUT2D eigenvalue weighted by atomic mass is 16.6. The summed E-state index contributed by atoms with van der Waals surface area (Å²) >= 11 is 0. The van der Waals surface area contributed by atoms with Crippen LogP contribution in [0.1, 0.15) is 72.6 Å². The number of unbranched alkanes of at least 4 members (excludes halogenated alkanes) is 2. The lowest BCUT2D eigenvalue weighted by Gasteiger charge is -2.30. The lowest BCUT2D eigenvalue weighted by molar-refractivity contribution is -0.145. The zero-order valence-electron chi connectivity index (χ0n) is 22.5. The first kappa shape index (κ1) is 30.6. The molecule has 2 aliphatic rings. The molecule has 1 saturated heterocycles. The van der Waals surface area contributed by atoms with E-state index in [-0.39, 0.29) is 25.8 Å². The molecule has 1 saturated carbocycles. The summed E-state index contributed by atoms with van der Waals surface area (Å²) in [4.78, 5) is 52.1. The Kier molecular flexibility index (Phi) is 10.9. The van der Waals surface area contributed by atoms with Crippen LogP contribution in [0.15, 0.2) is 12.7 Å². The number of carbonyl (C=O) groups is 4. The molecule has 0 bridgehead atoms. The van der Waals surface area contributed by atoms with Gasteiger partial charge in [0.05, 0.1) is 6.10 Å². The number of carboxylic acids is 1. The minimum absolute atomic E-state index is 0.0360. The normalized spacial score (nSPS) is 25.8. The molecule has 4 N–H and O–H groups in total. The third-order valence-electron chi connectivity index (χ3n) is 6.55. The number of hydrogen-bond acceptors (Lipinski definition) is 7. The molecule has 0 aromatic carbocycles. The number of hydrogen-bond donors (Lipinski definition) is 4. The molecule has 11 heteroatoms. The fraction of sp³-hybridized carbons (Fsp3) is 0.769. The molecule has 210 valence electrons. The summed E-state index contributed by atoms with van der Waals surface area (Å²) in [5.41, 5.74) is -2.23. The molecule has 5 atom stereocenters. The van der Waals surface area contributed by atoms with Crippen LogP contribution in [0.4, 0.5) is 4.79 Å². The number of carbonyl (C=O) groups excluding carboxylic acids is 3. The molecule has 2 rings (SSSR count). The molecule has 0 spiro atoms. The van der Waals surface area contributed by atoms with E-state index in [4.69, 9.17) is 9.47 Å². The molecule has 1 aliphatic heterocycles. The third-order valence-corrected chi connectivity index (χ3v) is 6.55. The molecule has 1 aliphatic carbocycles. The number of ether oxygens (including phenoxy) is 2. The fourth-order valence-corrected chi connectivity index (χ4v) is 4.48. The van der Waals surface area contributed by atoms with Crippen LogP contribution >= 0.6 is 0 Å². The lowest BCUT2D eigenvalue weighted by atomic mass is 10.1. The number of alkyl carbamates (subject to hydrolysis) is 1. The van der Waals surface area contributed by atoms with Gasteiger partial charge in [-0.25, -0.2) is 9.59 Å². The van der Waals surface area contributed by atoms with Crippen molar-refractivity contribution in [1.82, 2.24) is 15.5 Å².